The molecule has 1 aliphatic rings. The molecule has 0 aliphatic carbocycles. The topological polar surface area (TPSA) is 75.7 Å². The number of para-hydroxylation sites is 1. The number of esters is 1. The van der Waals surface area contributed by atoms with Crippen molar-refractivity contribution in [3.8, 4) is 0 Å². The molecule has 1 saturated heterocycles. The predicted molar refractivity (Wildman–Crippen MR) is 103 cm³/mol. The Morgan fingerprint density at radius 3 is 2.67 bits per heavy atom. The van der Waals surface area contributed by atoms with E-state index in [1.165, 1.54) is 6.92 Å². The van der Waals surface area contributed by atoms with Crippen molar-refractivity contribution < 1.29 is 19.1 Å². The van der Waals surface area contributed by atoms with Crippen molar-refractivity contribution in [2.75, 3.05) is 16.8 Å². The minimum absolute atomic E-state index is 0.0259. The maximum absolute atomic E-state index is 12.6. The van der Waals surface area contributed by atoms with Gasteiger partial charge in [-0.05, 0) is 43.7 Å². The van der Waals surface area contributed by atoms with Crippen molar-refractivity contribution in [1.82, 2.24) is 0 Å². The lowest BCUT2D eigenvalue weighted by molar-refractivity contribution is -0.123. The molecule has 0 bridgehead atoms. The minimum Gasteiger partial charge on any atom is -0.449 e. The fourth-order valence-corrected chi connectivity index (χ4v) is 3.06. The van der Waals surface area contributed by atoms with Crippen LogP contribution < -0.4 is 10.2 Å². The highest BCUT2D eigenvalue weighted by atomic mass is 35.5. The van der Waals surface area contributed by atoms with Gasteiger partial charge < -0.3 is 15.0 Å². The van der Waals surface area contributed by atoms with Crippen LogP contribution in [0.5, 0.6) is 0 Å². The van der Waals surface area contributed by atoms with Crippen LogP contribution in [0.2, 0.25) is 5.02 Å². The zero-order valence-corrected chi connectivity index (χ0v) is 15.5. The summed E-state index contributed by atoms with van der Waals surface area (Å²) >= 11 is 5.89. The van der Waals surface area contributed by atoms with E-state index >= 15 is 0 Å². The van der Waals surface area contributed by atoms with E-state index in [1.807, 2.05) is 0 Å². The number of rotatable bonds is 5. The lowest BCUT2D eigenvalue weighted by Gasteiger charge is -2.20. The monoisotopic (exact) mass is 386 g/mol. The van der Waals surface area contributed by atoms with E-state index in [0.29, 0.717) is 29.4 Å². The molecular formula is C20H19ClN2O4. The third-order valence-corrected chi connectivity index (χ3v) is 4.47. The highest BCUT2D eigenvalue weighted by Crippen LogP contribution is 2.26. The van der Waals surface area contributed by atoms with Gasteiger partial charge >= 0.3 is 5.97 Å². The van der Waals surface area contributed by atoms with Gasteiger partial charge in [-0.25, -0.2) is 4.79 Å². The van der Waals surface area contributed by atoms with Crippen molar-refractivity contribution in [3.05, 3.63) is 59.1 Å². The second kappa shape index (κ2) is 8.22. The highest BCUT2D eigenvalue weighted by Gasteiger charge is 2.27. The van der Waals surface area contributed by atoms with Gasteiger partial charge in [0.25, 0.3) is 5.91 Å². The first-order chi connectivity index (χ1) is 13.0. The van der Waals surface area contributed by atoms with Gasteiger partial charge in [0.05, 0.1) is 11.3 Å². The van der Waals surface area contributed by atoms with Crippen LogP contribution in [-0.4, -0.2) is 30.4 Å². The molecule has 0 unspecified atom stereocenters. The molecule has 1 atom stereocenters. The molecule has 0 radical (unpaired) electrons. The fraction of sp³-hybridized carbons (Fsp3) is 0.250. The van der Waals surface area contributed by atoms with Crippen molar-refractivity contribution >= 4 is 40.8 Å². The van der Waals surface area contributed by atoms with E-state index in [1.54, 1.807) is 53.4 Å². The van der Waals surface area contributed by atoms with Crippen LogP contribution in [0, 0.1) is 0 Å². The Labute approximate surface area is 162 Å². The Hall–Kier alpha value is -2.86. The smallest absolute Gasteiger partial charge is 0.341 e. The molecule has 140 valence electrons. The van der Waals surface area contributed by atoms with E-state index in [9.17, 15) is 14.4 Å². The van der Waals surface area contributed by atoms with E-state index in [2.05, 4.69) is 5.32 Å². The van der Waals surface area contributed by atoms with Crippen molar-refractivity contribution in [3.63, 3.8) is 0 Å². The second-order valence-corrected chi connectivity index (χ2v) is 6.65. The van der Waals surface area contributed by atoms with Crippen LogP contribution in [0.3, 0.4) is 0 Å². The largest absolute Gasteiger partial charge is 0.449 e. The number of anilines is 2. The second-order valence-electron chi connectivity index (χ2n) is 6.21. The predicted octanol–water partition coefficient (Wildman–Crippen LogP) is 3.65. The molecule has 6 nitrogen and oxygen atoms in total. The van der Waals surface area contributed by atoms with Crippen molar-refractivity contribution in [1.29, 1.82) is 0 Å². The number of halogens is 1. The number of carbonyl (C=O) groups excluding carboxylic acids is 3. The van der Waals surface area contributed by atoms with Crippen LogP contribution in [-0.2, 0) is 14.3 Å². The number of hydrogen-bond donors (Lipinski definition) is 1. The molecule has 2 aromatic rings. The number of amides is 2. The van der Waals surface area contributed by atoms with Crippen LogP contribution in [0.25, 0.3) is 0 Å². The van der Waals surface area contributed by atoms with E-state index in [4.69, 9.17) is 16.3 Å². The molecule has 0 saturated carbocycles. The maximum Gasteiger partial charge on any atom is 0.341 e. The minimum atomic E-state index is -1.01. The Bertz CT molecular complexity index is 884. The van der Waals surface area contributed by atoms with Gasteiger partial charge in [0, 0.05) is 23.7 Å². The van der Waals surface area contributed by atoms with E-state index in [0.717, 1.165) is 6.42 Å². The molecular weight excluding hydrogens is 368 g/mol. The van der Waals surface area contributed by atoms with Gasteiger partial charge in [0.1, 0.15) is 0 Å². The van der Waals surface area contributed by atoms with E-state index in [-0.39, 0.29) is 11.5 Å². The first kappa shape index (κ1) is 18.9. The SMILES string of the molecule is C[C@@H](OC(=O)c1ccccc1N1CCCC1=O)C(=O)Nc1cccc(Cl)c1. The average molecular weight is 387 g/mol. The first-order valence-corrected chi connectivity index (χ1v) is 9.00. The Kier molecular flexibility index (Phi) is 5.76. The summed E-state index contributed by atoms with van der Waals surface area (Å²) in [5.41, 5.74) is 1.28. The summed E-state index contributed by atoms with van der Waals surface area (Å²) in [6, 6.07) is 13.4. The molecule has 3 rings (SSSR count). The molecule has 1 aliphatic heterocycles. The molecule has 1 N–H and O–H groups in total. The Morgan fingerprint density at radius 2 is 1.96 bits per heavy atom. The number of nitrogens with one attached hydrogen (secondary N) is 1. The standard InChI is InChI=1S/C20H19ClN2O4/c1-13(19(25)22-15-7-4-6-14(21)12-15)27-20(26)16-8-2-3-9-17(16)23-11-5-10-18(23)24/h2-4,6-9,12-13H,5,10-11H2,1H3,(H,22,25)/t13-/m1/s1. The molecule has 2 amide bonds. The van der Waals surface area contributed by atoms with Crippen molar-refractivity contribution in [2.24, 2.45) is 0 Å². The van der Waals surface area contributed by atoms with Crippen LogP contribution in [0.15, 0.2) is 48.5 Å². The Morgan fingerprint density at radius 1 is 1.19 bits per heavy atom. The molecule has 1 fully saturated rings. The van der Waals surface area contributed by atoms with Crippen LogP contribution in [0.4, 0.5) is 11.4 Å². The van der Waals surface area contributed by atoms with Gasteiger partial charge in [0.15, 0.2) is 6.10 Å². The summed E-state index contributed by atoms with van der Waals surface area (Å²) < 4.78 is 5.31. The number of benzene rings is 2. The quantitative estimate of drug-likeness (QED) is 0.796. The summed E-state index contributed by atoms with van der Waals surface area (Å²) in [7, 11) is 0. The average Bonchev–Trinajstić information content (AvgIpc) is 3.07. The number of nitrogens with zero attached hydrogens (tertiary/aromatic N) is 1. The number of carbonyl (C=O) groups is 3. The maximum atomic E-state index is 12.6. The fourth-order valence-electron chi connectivity index (χ4n) is 2.87. The van der Waals surface area contributed by atoms with E-state index < -0.39 is 18.0 Å². The lowest BCUT2D eigenvalue weighted by Crippen LogP contribution is -2.31. The highest BCUT2D eigenvalue weighted by molar-refractivity contribution is 6.30. The third-order valence-electron chi connectivity index (χ3n) is 4.23. The molecule has 0 aromatic heterocycles. The van der Waals surface area contributed by atoms with Gasteiger partial charge in [-0.1, -0.05) is 29.8 Å². The summed E-state index contributed by atoms with van der Waals surface area (Å²) in [6.07, 6.45) is 0.196. The summed E-state index contributed by atoms with van der Waals surface area (Å²) in [5.74, 6) is -1.15. The molecule has 7 heteroatoms. The van der Waals surface area contributed by atoms with Gasteiger partial charge in [-0.2, -0.15) is 0 Å². The summed E-state index contributed by atoms with van der Waals surface area (Å²) in [4.78, 5) is 38.5. The number of hydrogen-bond acceptors (Lipinski definition) is 4. The summed E-state index contributed by atoms with van der Waals surface area (Å²) in [6.45, 7) is 2.05. The molecule has 1 heterocycles. The molecule has 0 spiro atoms. The normalized spacial score (nSPS) is 14.7. The number of ether oxygens (including phenoxy) is 1. The zero-order chi connectivity index (χ0) is 19.4. The zero-order valence-electron chi connectivity index (χ0n) is 14.8. The summed E-state index contributed by atoms with van der Waals surface area (Å²) in [5, 5.41) is 3.14. The molecule has 27 heavy (non-hydrogen) atoms. The van der Waals surface area contributed by atoms with Crippen LogP contribution >= 0.6 is 11.6 Å². The molecule has 2 aromatic carbocycles. The van der Waals surface area contributed by atoms with Gasteiger partial charge in [0.2, 0.25) is 5.91 Å². The van der Waals surface area contributed by atoms with Gasteiger partial charge in [-0.3, -0.25) is 9.59 Å². The third kappa shape index (κ3) is 4.46. The van der Waals surface area contributed by atoms with Gasteiger partial charge in [-0.15, -0.1) is 0 Å². The van der Waals surface area contributed by atoms with Crippen molar-refractivity contribution in [2.45, 2.75) is 25.9 Å². The lowest BCUT2D eigenvalue weighted by atomic mass is 10.1. The van der Waals surface area contributed by atoms with Crippen LogP contribution in [0.1, 0.15) is 30.1 Å². The first-order valence-electron chi connectivity index (χ1n) is 8.62. The Balaban J connectivity index is 1.70.